The molecular weight excluding hydrogens is 258 g/mol. The van der Waals surface area contributed by atoms with Gasteiger partial charge in [0.2, 0.25) is 0 Å². The maximum Gasteiger partial charge on any atom is 0.315 e. The van der Waals surface area contributed by atoms with E-state index in [2.05, 4.69) is 10.6 Å². The maximum absolute atomic E-state index is 12.1. The molecule has 1 fully saturated rings. The zero-order valence-electron chi connectivity index (χ0n) is 12.8. The second-order valence-electron chi connectivity index (χ2n) is 6.71. The van der Waals surface area contributed by atoms with Crippen LogP contribution in [0.1, 0.15) is 53.4 Å². The van der Waals surface area contributed by atoms with E-state index in [0.29, 0.717) is 0 Å². The molecule has 2 atom stereocenters. The number of carbonyl (C=O) groups excluding carboxylic acids is 1. The number of hydrogen-bond acceptors (Lipinski definition) is 3. The summed E-state index contributed by atoms with van der Waals surface area (Å²) in [5, 5.41) is 14.9. The standard InChI is InChI=1S/C14H27N3O3/c1-13(2,11(18)19)14(3,4)17-12(20)16-10-8-6-5-7-9(10)15/h9-10H,5-8,15H2,1-4H3,(H,18,19)(H2,16,17,20). The number of aliphatic carboxylic acids is 1. The fraction of sp³-hybridized carbons (Fsp3) is 0.857. The van der Waals surface area contributed by atoms with Gasteiger partial charge in [-0.25, -0.2) is 4.79 Å². The van der Waals surface area contributed by atoms with E-state index in [1.54, 1.807) is 27.7 Å². The van der Waals surface area contributed by atoms with E-state index in [0.717, 1.165) is 25.7 Å². The van der Waals surface area contributed by atoms with Gasteiger partial charge in [-0.1, -0.05) is 12.8 Å². The van der Waals surface area contributed by atoms with Crippen LogP contribution in [0.4, 0.5) is 4.79 Å². The molecule has 5 N–H and O–H groups in total. The first kappa shape index (κ1) is 16.8. The molecule has 20 heavy (non-hydrogen) atoms. The molecule has 2 amide bonds. The van der Waals surface area contributed by atoms with Crippen LogP contribution >= 0.6 is 0 Å². The lowest BCUT2D eigenvalue weighted by Crippen LogP contribution is -2.61. The first-order chi connectivity index (χ1) is 9.08. The minimum Gasteiger partial charge on any atom is -0.481 e. The second-order valence-corrected chi connectivity index (χ2v) is 6.71. The zero-order valence-corrected chi connectivity index (χ0v) is 12.8. The molecule has 0 radical (unpaired) electrons. The first-order valence-corrected chi connectivity index (χ1v) is 7.15. The Morgan fingerprint density at radius 2 is 1.70 bits per heavy atom. The number of carboxylic acids is 1. The molecule has 0 saturated heterocycles. The molecule has 0 aromatic rings. The summed E-state index contributed by atoms with van der Waals surface area (Å²) in [6, 6.07) is -0.413. The van der Waals surface area contributed by atoms with Crippen LogP contribution in [0.3, 0.4) is 0 Å². The molecule has 1 saturated carbocycles. The van der Waals surface area contributed by atoms with Crippen molar-refractivity contribution in [2.24, 2.45) is 11.1 Å². The van der Waals surface area contributed by atoms with Gasteiger partial charge >= 0.3 is 12.0 Å². The third-order valence-corrected chi connectivity index (χ3v) is 4.66. The van der Waals surface area contributed by atoms with Gasteiger partial charge in [-0.05, 0) is 40.5 Å². The Balaban J connectivity index is 2.63. The average molecular weight is 285 g/mol. The third-order valence-electron chi connectivity index (χ3n) is 4.66. The van der Waals surface area contributed by atoms with Crippen LogP contribution in [0.2, 0.25) is 0 Å². The summed E-state index contributed by atoms with van der Waals surface area (Å²) >= 11 is 0. The molecule has 1 aliphatic rings. The van der Waals surface area contributed by atoms with Gasteiger partial charge in [0.15, 0.2) is 0 Å². The zero-order chi connectivity index (χ0) is 15.6. The van der Waals surface area contributed by atoms with E-state index in [9.17, 15) is 14.7 Å². The summed E-state index contributed by atoms with van der Waals surface area (Å²) in [6.07, 6.45) is 3.94. The van der Waals surface area contributed by atoms with Crippen molar-refractivity contribution in [2.45, 2.75) is 71.0 Å². The fourth-order valence-electron chi connectivity index (χ4n) is 2.25. The Morgan fingerprint density at radius 1 is 1.15 bits per heavy atom. The highest BCUT2D eigenvalue weighted by molar-refractivity contribution is 5.79. The molecule has 2 unspecified atom stereocenters. The number of hydrogen-bond donors (Lipinski definition) is 4. The average Bonchev–Trinajstić information content (AvgIpc) is 2.31. The summed E-state index contributed by atoms with van der Waals surface area (Å²) in [5.74, 6) is -0.947. The van der Waals surface area contributed by atoms with Gasteiger partial charge in [-0.3, -0.25) is 4.79 Å². The van der Waals surface area contributed by atoms with Crippen molar-refractivity contribution in [3.8, 4) is 0 Å². The third kappa shape index (κ3) is 3.62. The van der Waals surface area contributed by atoms with Crippen LogP contribution in [-0.4, -0.2) is 34.7 Å². The molecule has 0 aliphatic heterocycles. The Hall–Kier alpha value is -1.30. The highest BCUT2D eigenvalue weighted by atomic mass is 16.4. The van der Waals surface area contributed by atoms with E-state index in [1.807, 2.05) is 0 Å². The largest absolute Gasteiger partial charge is 0.481 e. The van der Waals surface area contributed by atoms with Gasteiger partial charge < -0.3 is 21.5 Å². The molecule has 0 aromatic carbocycles. The lowest BCUT2D eigenvalue weighted by molar-refractivity contribution is -0.150. The van der Waals surface area contributed by atoms with Crippen LogP contribution < -0.4 is 16.4 Å². The van der Waals surface area contributed by atoms with Crippen LogP contribution in [-0.2, 0) is 4.79 Å². The van der Waals surface area contributed by atoms with Crippen molar-refractivity contribution >= 4 is 12.0 Å². The summed E-state index contributed by atoms with van der Waals surface area (Å²) in [4.78, 5) is 23.4. The second kappa shape index (κ2) is 5.99. The first-order valence-electron chi connectivity index (χ1n) is 7.15. The maximum atomic E-state index is 12.1. The minimum atomic E-state index is -1.07. The molecule has 6 heteroatoms. The molecule has 0 heterocycles. The lowest BCUT2D eigenvalue weighted by Gasteiger charge is -2.39. The highest BCUT2D eigenvalue weighted by Crippen LogP contribution is 2.30. The Kier molecular flexibility index (Phi) is 5.02. The van der Waals surface area contributed by atoms with Crippen molar-refractivity contribution in [1.82, 2.24) is 10.6 Å². The molecule has 6 nitrogen and oxygen atoms in total. The van der Waals surface area contributed by atoms with Gasteiger partial charge in [0.1, 0.15) is 0 Å². The normalized spacial score (nSPS) is 24.1. The van der Waals surface area contributed by atoms with Crippen LogP contribution in [0, 0.1) is 5.41 Å². The predicted molar refractivity (Wildman–Crippen MR) is 77.4 cm³/mol. The van der Waals surface area contributed by atoms with E-state index in [4.69, 9.17) is 5.73 Å². The monoisotopic (exact) mass is 285 g/mol. The van der Waals surface area contributed by atoms with E-state index in [1.165, 1.54) is 0 Å². The van der Waals surface area contributed by atoms with Gasteiger partial charge in [0, 0.05) is 12.1 Å². The summed E-state index contributed by atoms with van der Waals surface area (Å²) < 4.78 is 0. The fourth-order valence-corrected chi connectivity index (χ4v) is 2.25. The van der Waals surface area contributed by atoms with Crippen molar-refractivity contribution in [3.05, 3.63) is 0 Å². The predicted octanol–water partition coefficient (Wildman–Crippen LogP) is 1.44. The molecule has 0 aromatic heterocycles. The lowest BCUT2D eigenvalue weighted by atomic mass is 9.74. The Labute approximate surface area is 120 Å². The van der Waals surface area contributed by atoms with E-state index in [-0.39, 0.29) is 18.1 Å². The van der Waals surface area contributed by atoms with Gasteiger partial charge in [0.05, 0.1) is 11.0 Å². The number of amides is 2. The van der Waals surface area contributed by atoms with Gasteiger partial charge in [0.25, 0.3) is 0 Å². The number of carbonyl (C=O) groups is 2. The van der Waals surface area contributed by atoms with Crippen LogP contribution in [0.15, 0.2) is 0 Å². The van der Waals surface area contributed by atoms with E-state index < -0.39 is 16.9 Å². The van der Waals surface area contributed by atoms with Crippen molar-refractivity contribution in [1.29, 1.82) is 0 Å². The van der Waals surface area contributed by atoms with Gasteiger partial charge in [-0.2, -0.15) is 0 Å². The summed E-state index contributed by atoms with van der Waals surface area (Å²) in [5.41, 5.74) is 4.04. The van der Waals surface area contributed by atoms with Crippen molar-refractivity contribution in [2.75, 3.05) is 0 Å². The Bertz CT molecular complexity index is 380. The van der Waals surface area contributed by atoms with Gasteiger partial charge in [-0.15, -0.1) is 0 Å². The molecule has 1 aliphatic carbocycles. The van der Waals surface area contributed by atoms with Crippen LogP contribution in [0.25, 0.3) is 0 Å². The highest BCUT2D eigenvalue weighted by Gasteiger charge is 2.44. The SMILES string of the molecule is CC(C)(NC(=O)NC1CCCCC1N)C(C)(C)C(=O)O. The summed E-state index contributed by atoms with van der Waals surface area (Å²) in [6.45, 7) is 6.62. The number of urea groups is 1. The number of nitrogens with one attached hydrogen (secondary N) is 2. The van der Waals surface area contributed by atoms with Crippen LogP contribution in [0.5, 0.6) is 0 Å². The molecule has 1 rings (SSSR count). The Morgan fingerprint density at radius 3 is 2.20 bits per heavy atom. The van der Waals surface area contributed by atoms with Crippen molar-refractivity contribution < 1.29 is 14.7 Å². The quantitative estimate of drug-likeness (QED) is 0.627. The van der Waals surface area contributed by atoms with E-state index >= 15 is 0 Å². The number of nitrogens with two attached hydrogens (primary N) is 1. The number of carboxylic acid groups (broad SMARTS) is 1. The minimum absolute atomic E-state index is 0.0231. The topological polar surface area (TPSA) is 104 Å². The molecule has 0 bridgehead atoms. The van der Waals surface area contributed by atoms with Crippen molar-refractivity contribution in [3.63, 3.8) is 0 Å². The number of rotatable bonds is 4. The smallest absolute Gasteiger partial charge is 0.315 e. The molecular formula is C14H27N3O3. The molecule has 0 spiro atoms. The molecule has 116 valence electrons. The summed E-state index contributed by atoms with van der Waals surface area (Å²) in [7, 11) is 0.